The Bertz CT molecular complexity index is 598. The third-order valence-corrected chi connectivity index (χ3v) is 3.66. The van der Waals surface area contributed by atoms with Gasteiger partial charge in [0.25, 0.3) is 0 Å². The summed E-state index contributed by atoms with van der Waals surface area (Å²) in [6.07, 6.45) is 6.07. The molecule has 0 saturated heterocycles. The van der Waals surface area contributed by atoms with Gasteiger partial charge in [-0.1, -0.05) is 32.6 Å². The monoisotopic (exact) mass is 276 g/mol. The average Bonchev–Trinajstić information content (AvgIpc) is 2.76. The number of fused-ring (bicyclic) bond motifs is 1. The molecule has 1 heterocycles. The van der Waals surface area contributed by atoms with Gasteiger partial charge < -0.3 is 4.42 Å². The van der Waals surface area contributed by atoms with Crippen LogP contribution in [0, 0.1) is 12.7 Å². The first-order chi connectivity index (χ1) is 9.63. The lowest BCUT2D eigenvalue weighted by atomic mass is 10.0. The van der Waals surface area contributed by atoms with E-state index in [1.54, 1.807) is 6.07 Å². The number of benzene rings is 1. The molecule has 0 spiro atoms. The van der Waals surface area contributed by atoms with Crippen LogP contribution in [0.2, 0.25) is 0 Å². The first kappa shape index (κ1) is 14.8. The fraction of sp³-hybridized carbons (Fsp3) is 0.471. The van der Waals surface area contributed by atoms with Crippen LogP contribution in [0.1, 0.15) is 61.6 Å². The van der Waals surface area contributed by atoms with E-state index in [0.717, 1.165) is 18.4 Å². The van der Waals surface area contributed by atoms with E-state index in [1.165, 1.54) is 31.4 Å². The van der Waals surface area contributed by atoms with Crippen LogP contribution in [0.4, 0.5) is 4.39 Å². The van der Waals surface area contributed by atoms with Gasteiger partial charge in [0.2, 0.25) is 0 Å². The van der Waals surface area contributed by atoms with Gasteiger partial charge in [0, 0.05) is 17.4 Å². The minimum absolute atomic E-state index is 0.0237. The number of aryl methyl sites for hydroxylation is 1. The molecule has 1 aromatic heterocycles. The normalized spacial score (nSPS) is 11.2. The predicted octanol–water partition coefficient (Wildman–Crippen LogP) is 5.42. The molecule has 20 heavy (non-hydrogen) atoms. The van der Waals surface area contributed by atoms with Gasteiger partial charge in [-0.05, 0) is 31.5 Å². The number of halogens is 1. The first-order valence-corrected chi connectivity index (χ1v) is 7.35. The Morgan fingerprint density at radius 1 is 1.20 bits per heavy atom. The van der Waals surface area contributed by atoms with Gasteiger partial charge in [0.05, 0.1) is 0 Å². The lowest BCUT2D eigenvalue weighted by molar-refractivity contribution is 0.0953. The molecule has 108 valence electrons. The van der Waals surface area contributed by atoms with Crippen LogP contribution >= 0.6 is 0 Å². The second-order valence-corrected chi connectivity index (χ2v) is 5.28. The maximum absolute atomic E-state index is 13.2. The van der Waals surface area contributed by atoms with Gasteiger partial charge in [-0.2, -0.15) is 0 Å². The molecule has 0 N–H and O–H groups in total. The van der Waals surface area contributed by atoms with Crippen molar-refractivity contribution in [1.82, 2.24) is 0 Å². The Morgan fingerprint density at radius 2 is 1.95 bits per heavy atom. The number of unbranched alkanes of at least 4 members (excludes halogenated alkanes) is 4. The van der Waals surface area contributed by atoms with Crippen molar-refractivity contribution >= 4 is 16.8 Å². The molecule has 0 aliphatic rings. The first-order valence-electron chi connectivity index (χ1n) is 7.35. The largest absolute Gasteiger partial charge is 0.453 e. The molecule has 0 unspecified atom stereocenters. The summed E-state index contributed by atoms with van der Waals surface area (Å²) in [5.74, 6) is 0.108. The van der Waals surface area contributed by atoms with Crippen molar-refractivity contribution in [2.45, 2.75) is 52.4 Å². The van der Waals surface area contributed by atoms with E-state index in [2.05, 4.69) is 6.92 Å². The third-order valence-electron chi connectivity index (χ3n) is 3.66. The Hall–Kier alpha value is -1.64. The topological polar surface area (TPSA) is 30.2 Å². The van der Waals surface area contributed by atoms with E-state index in [-0.39, 0.29) is 11.6 Å². The summed E-state index contributed by atoms with van der Waals surface area (Å²) in [5.41, 5.74) is 1.33. The maximum Gasteiger partial charge on any atom is 0.198 e. The molecule has 0 aliphatic heterocycles. The summed E-state index contributed by atoms with van der Waals surface area (Å²) in [6, 6.07) is 4.35. The Morgan fingerprint density at radius 3 is 2.70 bits per heavy atom. The van der Waals surface area contributed by atoms with Gasteiger partial charge >= 0.3 is 0 Å². The Balaban J connectivity index is 2.05. The molecule has 0 atom stereocenters. The molecular formula is C17H21FO2. The zero-order valence-electron chi connectivity index (χ0n) is 12.2. The smallest absolute Gasteiger partial charge is 0.198 e. The lowest BCUT2D eigenvalue weighted by Crippen LogP contribution is -1.99. The molecule has 0 saturated carbocycles. The highest BCUT2D eigenvalue weighted by atomic mass is 19.1. The van der Waals surface area contributed by atoms with E-state index >= 15 is 0 Å². The van der Waals surface area contributed by atoms with E-state index in [4.69, 9.17) is 4.42 Å². The van der Waals surface area contributed by atoms with E-state index in [9.17, 15) is 9.18 Å². The van der Waals surface area contributed by atoms with Crippen molar-refractivity contribution in [2.75, 3.05) is 0 Å². The van der Waals surface area contributed by atoms with Gasteiger partial charge in [0.1, 0.15) is 11.4 Å². The zero-order chi connectivity index (χ0) is 14.5. The number of rotatable bonds is 7. The second kappa shape index (κ2) is 6.69. The molecule has 3 heteroatoms. The van der Waals surface area contributed by atoms with Crippen LogP contribution in [0.5, 0.6) is 0 Å². The minimum atomic E-state index is -0.306. The fourth-order valence-electron chi connectivity index (χ4n) is 2.46. The summed E-state index contributed by atoms with van der Waals surface area (Å²) in [6.45, 7) is 3.98. The molecule has 0 fully saturated rings. The molecule has 0 bridgehead atoms. The number of furan rings is 1. The van der Waals surface area contributed by atoms with Crippen molar-refractivity contribution in [3.05, 3.63) is 35.3 Å². The Kier molecular flexibility index (Phi) is 4.94. The SMILES string of the molecule is CCCCCCCC(=O)c1oc2ccc(F)cc2c1C. The van der Waals surface area contributed by atoms with Crippen LogP contribution in [-0.2, 0) is 0 Å². The number of carbonyl (C=O) groups is 1. The van der Waals surface area contributed by atoms with Crippen molar-refractivity contribution in [3.63, 3.8) is 0 Å². The summed E-state index contributed by atoms with van der Waals surface area (Å²) < 4.78 is 18.8. The summed E-state index contributed by atoms with van der Waals surface area (Å²) >= 11 is 0. The van der Waals surface area contributed by atoms with Crippen LogP contribution in [0.3, 0.4) is 0 Å². The Labute approximate surface area is 119 Å². The van der Waals surface area contributed by atoms with E-state index in [1.807, 2.05) is 6.92 Å². The van der Waals surface area contributed by atoms with Crippen LogP contribution in [0.25, 0.3) is 11.0 Å². The molecule has 2 rings (SSSR count). The lowest BCUT2D eigenvalue weighted by Gasteiger charge is -1.99. The van der Waals surface area contributed by atoms with Gasteiger partial charge in [-0.25, -0.2) is 4.39 Å². The van der Waals surface area contributed by atoms with Crippen LogP contribution in [-0.4, -0.2) is 5.78 Å². The number of Topliss-reactive ketones (excluding diaryl/α,β-unsaturated/α-hetero) is 1. The van der Waals surface area contributed by atoms with E-state index < -0.39 is 0 Å². The van der Waals surface area contributed by atoms with Crippen molar-refractivity contribution in [2.24, 2.45) is 0 Å². The van der Waals surface area contributed by atoms with Crippen LogP contribution in [0.15, 0.2) is 22.6 Å². The van der Waals surface area contributed by atoms with Gasteiger partial charge in [-0.15, -0.1) is 0 Å². The summed E-state index contributed by atoms with van der Waals surface area (Å²) in [5, 5.41) is 0.694. The molecule has 0 aliphatic carbocycles. The predicted molar refractivity (Wildman–Crippen MR) is 78.6 cm³/mol. The van der Waals surface area contributed by atoms with Crippen LogP contribution < -0.4 is 0 Å². The second-order valence-electron chi connectivity index (χ2n) is 5.28. The quantitative estimate of drug-likeness (QED) is 0.499. The van der Waals surface area contributed by atoms with Crippen molar-refractivity contribution in [3.8, 4) is 0 Å². The zero-order valence-corrected chi connectivity index (χ0v) is 12.2. The standard InChI is InChI=1S/C17H21FO2/c1-3-4-5-6-7-8-15(19)17-12(2)14-11-13(18)9-10-16(14)20-17/h9-11H,3-8H2,1-2H3. The van der Waals surface area contributed by atoms with Crippen molar-refractivity contribution < 1.29 is 13.6 Å². The molecule has 0 radical (unpaired) electrons. The number of ketones is 1. The highest BCUT2D eigenvalue weighted by Crippen LogP contribution is 2.27. The molecular weight excluding hydrogens is 255 g/mol. The number of hydrogen-bond acceptors (Lipinski definition) is 2. The molecule has 2 nitrogen and oxygen atoms in total. The van der Waals surface area contributed by atoms with E-state index in [0.29, 0.717) is 23.2 Å². The molecule has 1 aromatic carbocycles. The summed E-state index contributed by atoms with van der Waals surface area (Å²) in [7, 11) is 0. The fourth-order valence-corrected chi connectivity index (χ4v) is 2.46. The van der Waals surface area contributed by atoms with Crippen molar-refractivity contribution in [1.29, 1.82) is 0 Å². The number of carbonyl (C=O) groups excluding carboxylic acids is 1. The third kappa shape index (κ3) is 3.27. The highest BCUT2D eigenvalue weighted by Gasteiger charge is 2.17. The molecule has 2 aromatic rings. The molecule has 0 amide bonds. The highest BCUT2D eigenvalue weighted by molar-refractivity contribution is 6.00. The maximum atomic E-state index is 13.2. The minimum Gasteiger partial charge on any atom is -0.453 e. The number of hydrogen-bond donors (Lipinski definition) is 0. The average molecular weight is 276 g/mol. The van der Waals surface area contributed by atoms with Gasteiger partial charge in [0.15, 0.2) is 11.5 Å². The van der Waals surface area contributed by atoms with Gasteiger partial charge in [-0.3, -0.25) is 4.79 Å². The summed E-state index contributed by atoms with van der Waals surface area (Å²) in [4.78, 5) is 12.2.